The topological polar surface area (TPSA) is 41.6 Å². The maximum Gasteiger partial charge on any atom is 0.416 e. The van der Waals surface area contributed by atoms with Crippen molar-refractivity contribution in [3.05, 3.63) is 65.2 Å². The molecule has 0 saturated carbocycles. The summed E-state index contributed by atoms with van der Waals surface area (Å²) in [5.41, 5.74) is 0.0688. The fraction of sp³-hybridized carbons (Fsp3) is 0.350. The van der Waals surface area contributed by atoms with E-state index in [0.717, 1.165) is 11.6 Å². The first-order chi connectivity index (χ1) is 12.9. The normalized spacial score (nSPS) is 17.0. The summed E-state index contributed by atoms with van der Waals surface area (Å²) in [6, 6.07) is 12.3. The van der Waals surface area contributed by atoms with E-state index < -0.39 is 11.7 Å². The molecule has 8 heteroatoms. The molecule has 1 fully saturated rings. The van der Waals surface area contributed by atoms with Crippen LogP contribution in [0.2, 0.25) is 0 Å². The van der Waals surface area contributed by atoms with Gasteiger partial charge in [-0.3, -0.25) is 4.79 Å². The van der Waals surface area contributed by atoms with Crippen LogP contribution in [0.25, 0.3) is 0 Å². The smallest absolute Gasteiger partial charge is 0.416 e. The molecule has 1 atom stereocenters. The number of rotatable bonds is 4. The Morgan fingerprint density at radius 2 is 1.86 bits per heavy atom. The molecule has 0 aromatic heterocycles. The number of nitrogens with one attached hydrogen (secondary N) is 1. The number of benzene rings is 2. The van der Waals surface area contributed by atoms with Crippen LogP contribution < -0.4 is 10.1 Å². The molecule has 152 valence electrons. The lowest BCUT2D eigenvalue weighted by atomic mass is 9.99. The third kappa shape index (κ3) is 4.77. The standard InChI is InChI=1S/C20H21F3N2O2.ClH/c1-27-18-9-5-3-7-15(18)17-13-24-10-11-25(17)19(26)12-14-6-2-4-8-16(14)20(21,22)23;/h2-9,17,24H,10-13H2,1H3;1H. The van der Waals surface area contributed by atoms with E-state index in [1.54, 1.807) is 12.0 Å². The predicted molar refractivity (Wildman–Crippen MR) is 103 cm³/mol. The van der Waals surface area contributed by atoms with Crippen LogP contribution in [0.1, 0.15) is 22.7 Å². The monoisotopic (exact) mass is 414 g/mol. The number of nitrogens with zero attached hydrogens (tertiary/aromatic N) is 1. The van der Waals surface area contributed by atoms with Crippen LogP contribution in [0.3, 0.4) is 0 Å². The number of methoxy groups -OCH3 is 1. The lowest BCUT2D eigenvalue weighted by molar-refractivity contribution is -0.139. The Hall–Kier alpha value is -2.25. The van der Waals surface area contributed by atoms with E-state index in [9.17, 15) is 18.0 Å². The number of hydrogen-bond acceptors (Lipinski definition) is 3. The first kappa shape index (κ1) is 22.0. The largest absolute Gasteiger partial charge is 0.496 e. The molecule has 1 aliphatic rings. The Morgan fingerprint density at radius 1 is 1.18 bits per heavy atom. The molecule has 0 bridgehead atoms. The van der Waals surface area contributed by atoms with Gasteiger partial charge in [-0.05, 0) is 17.7 Å². The maximum atomic E-state index is 13.2. The van der Waals surface area contributed by atoms with Gasteiger partial charge in [0.15, 0.2) is 0 Å². The first-order valence-electron chi connectivity index (χ1n) is 8.70. The molecule has 4 nitrogen and oxygen atoms in total. The molecule has 1 heterocycles. The zero-order valence-corrected chi connectivity index (χ0v) is 16.1. The number of para-hydroxylation sites is 1. The Morgan fingerprint density at radius 3 is 2.57 bits per heavy atom. The SMILES string of the molecule is COc1ccccc1C1CNCCN1C(=O)Cc1ccccc1C(F)(F)F.Cl. The second kappa shape index (κ2) is 9.30. The van der Waals surface area contributed by atoms with E-state index in [0.29, 0.717) is 25.4 Å². The second-order valence-corrected chi connectivity index (χ2v) is 6.38. The van der Waals surface area contributed by atoms with Crippen molar-refractivity contribution in [2.75, 3.05) is 26.7 Å². The molecule has 1 aliphatic heterocycles. The first-order valence-corrected chi connectivity index (χ1v) is 8.70. The lowest BCUT2D eigenvalue weighted by Gasteiger charge is -2.37. The Labute approximate surface area is 168 Å². The van der Waals surface area contributed by atoms with E-state index in [1.165, 1.54) is 18.2 Å². The van der Waals surface area contributed by atoms with Crippen LogP contribution in [0, 0.1) is 0 Å². The Bertz CT molecular complexity index is 814. The van der Waals surface area contributed by atoms with Crippen LogP contribution in [-0.2, 0) is 17.4 Å². The second-order valence-electron chi connectivity index (χ2n) is 6.38. The third-order valence-corrected chi connectivity index (χ3v) is 4.73. The minimum Gasteiger partial charge on any atom is -0.496 e. The minimum absolute atomic E-state index is 0. The van der Waals surface area contributed by atoms with E-state index in [4.69, 9.17) is 4.74 Å². The van der Waals surface area contributed by atoms with Gasteiger partial charge in [0.05, 0.1) is 25.1 Å². The summed E-state index contributed by atoms with van der Waals surface area (Å²) in [6.07, 6.45) is -4.77. The quantitative estimate of drug-likeness (QED) is 0.826. The van der Waals surface area contributed by atoms with E-state index in [1.807, 2.05) is 24.3 Å². The van der Waals surface area contributed by atoms with Crippen LogP contribution in [-0.4, -0.2) is 37.6 Å². The summed E-state index contributed by atoms with van der Waals surface area (Å²) in [6.45, 7) is 1.54. The van der Waals surface area contributed by atoms with Crippen molar-refractivity contribution in [3.63, 3.8) is 0 Å². The van der Waals surface area contributed by atoms with Crippen LogP contribution in [0.15, 0.2) is 48.5 Å². The summed E-state index contributed by atoms with van der Waals surface area (Å²) in [7, 11) is 1.56. The van der Waals surface area contributed by atoms with Crippen molar-refractivity contribution in [2.24, 2.45) is 0 Å². The highest BCUT2D eigenvalue weighted by Gasteiger charge is 2.35. The highest BCUT2D eigenvalue weighted by Crippen LogP contribution is 2.34. The number of carbonyl (C=O) groups excluding carboxylic acids is 1. The molecular weight excluding hydrogens is 393 g/mol. The number of ether oxygens (including phenoxy) is 1. The molecule has 3 rings (SSSR count). The molecular formula is C20H22ClF3N2O2. The zero-order chi connectivity index (χ0) is 19.4. The molecule has 2 aromatic carbocycles. The number of amides is 1. The number of alkyl halides is 3. The molecule has 1 amide bonds. The summed E-state index contributed by atoms with van der Waals surface area (Å²) in [5.74, 6) is 0.323. The summed E-state index contributed by atoms with van der Waals surface area (Å²) < 4.78 is 45.1. The van der Waals surface area contributed by atoms with Gasteiger partial charge in [-0.1, -0.05) is 36.4 Å². The number of piperazine rings is 1. The molecule has 2 aromatic rings. The van der Waals surface area contributed by atoms with E-state index in [-0.39, 0.29) is 36.3 Å². The van der Waals surface area contributed by atoms with Crippen LogP contribution in [0.5, 0.6) is 5.75 Å². The van der Waals surface area contributed by atoms with Gasteiger partial charge >= 0.3 is 6.18 Å². The number of hydrogen-bond donors (Lipinski definition) is 1. The zero-order valence-electron chi connectivity index (χ0n) is 15.3. The molecule has 28 heavy (non-hydrogen) atoms. The minimum atomic E-state index is -4.48. The van der Waals surface area contributed by atoms with Crippen molar-refractivity contribution in [1.82, 2.24) is 10.2 Å². The van der Waals surface area contributed by atoms with Gasteiger partial charge in [0.2, 0.25) is 5.91 Å². The van der Waals surface area contributed by atoms with Crippen molar-refractivity contribution in [1.29, 1.82) is 0 Å². The molecule has 1 saturated heterocycles. The molecule has 0 aliphatic carbocycles. The molecule has 0 spiro atoms. The Kier molecular flexibility index (Phi) is 7.32. The fourth-order valence-electron chi connectivity index (χ4n) is 3.44. The van der Waals surface area contributed by atoms with Gasteiger partial charge in [-0.15, -0.1) is 12.4 Å². The highest BCUT2D eigenvalue weighted by molar-refractivity contribution is 5.85. The molecule has 1 unspecified atom stereocenters. The molecule has 1 N–H and O–H groups in total. The summed E-state index contributed by atoms with van der Waals surface area (Å²) in [5, 5.41) is 3.24. The average Bonchev–Trinajstić information content (AvgIpc) is 2.67. The average molecular weight is 415 g/mol. The van der Waals surface area contributed by atoms with Gasteiger partial charge < -0.3 is 15.0 Å². The van der Waals surface area contributed by atoms with Crippen molar-refractivity contribution < 1.29 is 22.7 Å². The summed E-state index contributed by atoms with van der Waals surface area (Å²) >= 11 is 0. The van der Waals surface area contributed by atoms with Crippen LogP contribution in [0.4, 0.5) is 13.2 Å². The van der Waals surface area contributed by atoms with Gasteiger partial charge in [0.1, 0.15) is 5.75 Å². The number of carbonyl (C=O) groups is 1. The van der Waals surface area contributed by atoms with Gasteiger partial charge in [0, 0.05) is 25.2 Å². The number of halogens is 4. The third-order valence-electron chi connectivity index (χ3n) is 4.73. The van der Waals surface area contributed by atoms with Crippen molar-refractivity contribution in [3.8, 4) is 5.75 Å². The summed E-state index contributed by atoms with van der Waals surface area (Å²) in [4.78, 5) is 14.6. The highest BCUT2D eigenvalue weighted by atomic mass is 35.5. The lowest BCUT2D eigenvalue weighted by Crippen LogP contribution is -2.49. The van der Waals surface area contributed by atoms with Gasteiger partial charge in [-0.2, -0.15) is 13.2 Å². The van der Waals surface area contributed by atoms with E-state index in [2.05, 4.69) is 5.32 Å². The molecule has 0 radical (unpaired) electrons. The van der Waals surface area contributed by atoms with E-state index >= 15 is 0 Å². The fourth-order valence-corrected chi connectivity index (χ4v) is 3.44. The van der Waals surface area contributed by atoms with Gasteiger partial charge in [0.25, 0.3) is 0 Å². The predicted octanol–water partition coefficient (Wildman–Crippen LogP) is 3.85. The Balaban J connectivity index is 0.00000280. The van der Waals surface area contributed by atoms with Crippen LogP contribution >= 0.6 is 12.4 Å². The van der Waals surface area contributed by atoms with Crippen molar-refractivity contribution >= 4 is 18.3 Å². The maximum absolute atomic E-state index is 13.2. The van der Waals surface area contributed by atoms with Gasteiger partial charge in [-0.25, -0.2) is 0 Å². The van der Waals surface area contributed by atoms with Crippen molar-refractivity contribution in [2.45, 2.75) is 18.6 Å².